The van der Waals surface area contributed by atoms with Crippen molar-refractivity contribution in [1.82, 2.24) is 10.0 Å². The predicted molar refractivity (Wildman–Crippen MR) is 110 cm³/mol. The number of benzene rings is 1. The van der Waals surface area contributed by atoms with Crippen LogP contribution >= 0.6 is 0 Å². The highest BCUT2D eigenvalue weighted by molar-refractivity contribution is 6.41. The summed E-state index contributed by atoms with van der Waals surface area (Å²) in [5.41, 5.74) is 5.26. The highest BCUT2D eigenvalue weighted by atomic mass is 16.6. The molecule has 0 aromatic heterocycles. The van der Waals surface area contributed by atoms with Crippen molar-refractivity contribution in [2.24, 2.45) is 16.1 Å². The maximum absolute atomic E-state index is 5.54. The monoisotopic (exact) mass is 360 g/mol. The van der Waals surface area contributed by atoms with E-state index in [1.165, 1.54) is 16.8 Å². The van der Waals surface area contributed by atoms with Gasteiger partial charge in [-0.15, -0.1) is 0 Å². The molecule has 0 saturated heterocycles. The van der Waals surface area contributed by atoms with Crippen LogP contribution in [0.1, 0.15) is 31.4 Å². The van der Waals surface area contributed by atoms with Gasteiger partial charge in [-0.05, 0) is 32.4 Å². The molecule has 0 fully saturated rings. The van der Waals surface area contributed by atoms with E-state index in [9.17, 15) is 0 Å². The molecule has 0 bridgehead atoms. The smallest absolute Gasteiger partial charge is 0.144 e. The number of oxime groups is 1. The van der Waals surface area contributed by atoms with Gasteiger partial charge < -0.3 is 15.2 Å². The number of aryl methyl sites for hydroxylation is 1. The Morgan fingerprint density at radius 2 is 2.23 bits per heavy atom. The van der Waals surface area contributed by atoms with Gasteiger partial charge in [0.2, 0.25) is 0 Å². The third kappa shape index (κ3) is 6.40. The fourth-order valence-corrected chi connectivity index (χ4v) is 2.34. The Hall–Kier alpha value is -2.54. The lowest BCUT2D eigenvalue weighted by atomic mass is 10.1. The lowest BCUT2D eigenvalue weighted by molar-refractivity contribution is 0.131. The molecule has 1 aromatic carbocycles. The van der Waals surface area contributed by atoms with Crippen LogP contribution in [0, 0.1) is 6.92 Å². The molecule has 0 radical (unpaired) electrons. The molecule has 7 nitrogen and oxygen atoms in total. The van der Waals surface area contributed by atoms with Crippen molar-refractivity contribution in [3.05, 3.63) is 42.1 Å². The van der Waals surface area contributed by atoms with E-state index in [0.29, 0.717) is 12.6 Å². The minimum absolute atomic E-state index is 0.428. The Kier molecular flexibility index (Phi) is 8.64. The fourth-order valence-electron chi connectivity index (χ4n) is 2.34. The van der Waals surface area contributed by atoms with Crippen LogP contribution in [-0.4, -0.2) is 48.6 Å². The number of hydrazone groups is 1. The summed E-state index contributed by atoms with van der Waals surface area (Å²) in [5.74, 6) is 5.01. The van der Waals surface area contributed by atoms with Gasteiger partial charge in [-0.3, -0.25) is 5.01 Å². The van der Waals surface area contributed by atoms with Crippen molar-refractivity contribution in [2.75, 3.05) is 26.5 Å². The molecule has 2 rings (SSSR count). The molecular formula is C19H32N6O. The standard InChI is InChI=1S/C16H24N4O.C3H8N2/c1-11-7-6-8-15(17-4)14(11)10-21-19-13(3)16-9-12(2)20(5)18-16;1-3-5(2)4/h6-8,12,17H,9-10H2,1-5H3;3H,1,4H2,2H3/t12-;/m0./s1. The van der Waals surface area contributed by atoms with Crippen LogP contribution in [0.4, 0.5) is 5.69 Å². The molecule has 0 amide bonds. The first-order valence-electron chi connectivity index (χ1n) is 8.63. The van der Waals surface area contributed by atoms with Crippen molar-refractivity contribution >= 4 is 17.1 Å². The number of nitrogens with two attached hydrogens (primary N) is 1. The third-order valence-electron chi connectivity index (χ3n) is 4.20. The minimum Gasteiger partial charge on any atom is -0.391 e. The number of anilines is 1. The summed E-state index contributed by atoms with van der Waals surface area (Å²) >= 11 is 0. The Morgan fingerprint density at radius 1 is 1.58 bits per heavy atom. The third-order valence-corrected chi connectivity index (χ3v) is 4.20. The summed E-state index contributed by atoms with van der Waals surface area (Å²) in [7, 11) is 5.61. The van der Waals surface area contributed by atoms with Gasteiger partial charge in [0.15, 0.2) is 0 Å². The zero-order valence-corrected chi connectivity index (χ0v) is 16.8. The molecule has 144 valence electrons. The normalized spacial score (nSPS) is 16.4. The van der Waals surface area contributed by atoms with Gasteiger partial charge in [-0.25, -0.2) is 5.84 Å². The topological polar surface area (TPSA) is 78.5 Å². The molecule has 1 atom stereocenters. The number of nitrogens with one attached hydrogen (secondary N) is 1. The van der Waals surface area contributed by atoms with Gasteiger partial charge in [0.25, 0.3) is 0 Å². The van der Waals surface area contributed by atoms with Crippen molar-refractivity contribution in [2.45, 2.75) is 39.8 Å². The van der Waals surface area contributed by atoms with Crippen molar-refractivity contribution in [3.63, 3.8) is 0 Å². The largest absolute Gasteiger partial charge is 0.391 e. The maximum Gasteiger partial charge on any atom is 0.144 e. The first-order valence-corrected chi connectivity index (χ1v) is 8.63. The van der Waals surface area contributed by atoms with Crippen LogP contribution < -0.4 is 11.2 Å². The molecule has 0 aliphatic carbocycles. The SMILES string of the molecule is C=CN(C)N.CNc1cccc(C)c1CON=C(C)C1=NN(C)[C@@H](C)C1. The van der Waals surface area contributed by atoms with Crippen LogP contribution in [0.3, 0.4) is 0 Å². The van der Waals surface area contributed by atoms with Crippen molar-refractivity contribution in [3.8, 4) is 0 Å². The average Bonchev–Trinajstić information content (AvgIpc) is 2.95. The van der Waals surface area contributed by atoms with Crippen molar-refractivity contribution in [1.29, 1.82) is 0 Å². The molecular weight excluding hydrogens is 328 g/mol. The van der Waals surface area contributed by atoms with E-state index < -0.39 is 0 Å². The number of hydrazine groups is 1. The quantitative estimate of drug-likeness (QED) is 0.463. The van der Waals surface area contributed by atoms with Gasteiger partial charge in [-0.1, -0.05) is 23.9 Å². The molecule has 1 heterocycles. The highest BCUT2D eigenvalue weighted by Crippen LogP contribution is 2.20. The molecule has 0 saturated carbocycles. The van der Waals surface area contributed by atoms with E-state index in [2.05, 4.69) is 42.1 Å². The van der Waals surface area contributed by atoms with E-state index >= 15 is 0 Å². The van der Waals surface area contributed by atoms with Gasteiger partial charge in [0, 0.05) is 51.1 Å². The summed E-state index contributed by atoms with van der Waals surface area (Å²) in [5, 5.41) is 15.2. The number of hydrogen-bond acceptors (Lipinski definition) is 7. The number of hydrogen-bond donors (Lipinski definition) is 2. The van der Waals surface area contributed by atoms with Crippen LogP contribution in [0.15, 0.2) is 41.2 Å². The molecule has 3 N–H and O–H groups in total. The van der Waals surface area contributed by atoms with E-state index in [0.717, 1.165) is 29.1 Å². The van der Waals surface area contributed by atoms with Crippen LogP contribution in [0.2, 0.25) is 0 Å². The van der Waals surface area contributed by atoms with Crippen LogP contribution in [-0.2, 0) is 11.4 Å². The molecule has 1 aromatic rings. The zero-order valence-electron chi connectivity index (χ0n) is 16.8. The first-order chi connectivity index (χ1) is 12.3. The van der Waals surface area contributed by atoms with Crippen molar-refractivity contribution < 1.29 is 4.84 Å². The van der Waals surface area contributed by atoms with E-state index in [1.54, 1.807) is 7.05 Å². The Bertz CT molecular complexity index is 653. The maximum atomic E-state index is 5.54. The molecule has 7 heteroatoms. The summed E-state index contributed by atoms with van der Waals surface area (Å²) in [6, 6.07) is 6.58. The summed E-state index contributed by atoms with van der Waals surface area (Å²) in [6.07, 6.45) is 2.45. The van der Waals surface area contributed by atoms with Gasteiger partial charge in [0.1, 0.15) is 6.61 Å². The minimum atomic E-state index is 0.428. The summed E-state index contributed by atoms with van der Waals surface area (Å²) in [6.45, 7) is 9.99. The number of rotatable bonds is 6. The fraction of sp³-hybridized carbons (Fsp3) is 0.474. The summed E-state index contributed by atoms with van der Waals surface area (Å²) in [4.78, 5) is 5.54. The van der Waals surface area contributed by atoms with Crippen LogP contribution in [0.25, 0.3) is 0 Å². The zero-order chi connectivity index (χ0) is 19.7. The van der Waals surface area contributed by atoms with E-state index in [4.69, 9.17) is 10.7 Å². The first kappa shape index (κ1) is 21.5. The van der Waals surface area contributed by atoms with Gasteiger partial charge in [-0.2, -0.15) is 5.10 Å². The highest BCUT2D eigenvalue weighted by Gasteiger charge is 2.21. The Balaban J connectivity index is 0.000000597. The average molecular weight is 361 g/mol. The molecule has 1 aliphatic heterocycles. The second-order valence-corrected chi connectivity index (χ2v) is 6.32. The predicted octanol–water partition coefficient (Wildman–Crippen LogP) is 2.94. The molecule has 26 heavy (non-hydrogen) atoms. The Morgan fingerprint density at radius 3 is 2.73 bits per heavy atom. The Labute approximate surface area is 157 Å². The number of nitrogens with zero attached hydrogens (tertiary/aromatic N) is 4. The van der Waals surface area contributed by atoms with Crippen LogP contribution in [0.5, 0.6) is 0 Å². The molecule has 0 spiro atoms. The second-order valence-electron chi connectivity index (χ2n) is 6.32. The van der Waals surface area contributed by atoms with Gasteiger partial charge in [0.05, 0.1) is 11.4 Å². The summed E-state index contributed by atoms with van der Waals surface area (Å²) < 4.78 is 0. The second kappa shape index (κ2) is 10.5. The molecule has 0 unspecified atom stereocenters. The lowest BCUT2D eigenvalue weighted by Gasteiger charge is -2.11. The van der Waals surface area contributed by atoms with E-state index in [-0.39, 0.29) is 0 Å². The lowest BCUT2D eigenvalue weighted by Crippen LogP contribution is -2.18. The van der Waals surface area contributed by atoms with E-state index in [1.807, 2.05) is 38.2 Å². The van der Waals surface area contributed by atoms with Gasteiger partial charge >= 0.3 is 0 Å². The molecule has 1 aliphatic rings.